The fourth-order valence-corrected chi connectivity index (χ4v) is 2.34. The average Bonchev–Trinajstić information content (AvgIpc) is 2.58. The Balaban J connectivity index is 2.30. The lowest BCUT2D eigenvalue weighted by Gasteiger charge is -2.20. The smallest absolute Gasteiger partial charge is 0.120 e. The van der Waals surface area contributed by atoms with Gasteiger partial charge >= 0.3 is 0 Å². The summed E-state index contributed by atoms with van der Waals surface area (Å²) in [7, 11) is 1.66. The first-order valence-corrected chi connectivity index (χ1v) is 8.06. The van der Waals surface area contributed by atoms with Gasteiger partial charge in [0.1, 0.15) is 12.0 Å². The monoisotopic (exact) mass is 320 g/mol. The Morgan fingerprint density at radius 1 is 1.26 bits per heavy atom. The molecule has 0 aliphatic heterocycles. The van der Waals surface area contributed by atoms with Crippen LogP contribution >= 0.6 is 0 Å². The zero-order valence-corrected chi connectivity index (χ0v) is 14.2. The second kappa shape index (κ2) is 11.9. The molecule has 128 valence electrons. The van der Waals surface area contributed by atoms with Crippen LogP contribution in [-0.2, 0) is 20.9 Å². The molecule has 1 aromatic rings. The normalized spacial score (nSPS) is 13.3. The molecule has 0 bridgehead atoms. The van der Waals surface area contributed by atoms with E-state index in [2.05, 4.69) is 13.5 Å². The van der Waals surface area contributed by atoms with E-state index in [1.807, 2.05) is 24.3 Å². The summed E-state index contributed by atoms with van der Waals surface area (Å²) in [5.41, 5.74) is 1.12. The molecule has 0 saturated carbocycles. The van der Waals surface area contributed by atoms with E-state index >= 15 is 0 Å². The first-order valence-electron chi connectivity index (χ1n) is 8.06. The summed E-state index contributed by atoms with van der Waals surface area (Å²) in [4.78, 5) is 10.5. The topological polar surface area (TPSA) is 44.8 Å². The molecule has 1 rings (SSSR count). The number of hydrogen-bond acceptors (Lipinski definition) is 4. The highest BCUT2D eigenvalue weighted by Gasteiger charge is 2.13. The largest absolute Gasteiger partial charge is 0.497 e. The number of methoxy groups -OCH3 is 1. The summed E-state index contributed by atoms with van der Waals surface area (Å²) in [6, 6.07) is 7.87. The van der Waals surface area contributed by atoms with Crippen molar-refractivity contribution in [1.82, 2.24) is 0 Å². The highest BCUT2D eigenvalue weighted by atomic mass is 16.5. The van der Waals surface area contributed by atoms with Crippen LogP contribution in [0.3, 0.4) is 0 Å². The molecule has 0 heterocycles. The lowest BCUT2D eigenvalue weighted by Crippen LogP contribution is -2.19. The minimum Gasteiger partial charge on any atom is -0.497 e. The fraction of sp³-hybridized carbons (Fsp3) is 0.526. The second-order valence-corrected chi connectivity index (χ2v) is 5.69. The minimum absolute atomic E-state index is 0.0813. The van der Waals surface area contributed by atoms with Gasteiger partial charge < -0.3 is 19.0 Å². The Morgan fingerprint density at radius 2 is 2.00 bits per heavy atom. The number of hydrogen-bond donors (Lipinski definition) is 0. The van der Waals surface area contributed by atoms with Crippen molar-refractivity contribution in [3.8, 4) is 5.75 Å². The predicted molar refractivity (Wildman–Crippen MR) is 91.7 cm³/mol. The van der Waals surface area contributed by atoms with Crippen molar-refractivity contribution in [2.75, 3.05) is 20.3 Å². The number of carbonyl (C=O) groups excluding carboxylic acids is 1. The van der Waals surface area contributed by atoms with Gasteiger partial charge in [-0.05, 0) is 36.5 Å². The summed E-state index contributed by atoms with van der Waals surface area (Å²) in [6.45, 7) is 7.57. The first-order chi connectivity index (χ1) is 11.2. The summed E-state index contributed by atoms with van der Waals surface area (Å²) in [5.74, 6) is 1.22. The third-order valence-electron chi connectivity index (χ3n) is 3.55. The highest BCUT2D eigenvalue weighted by Crippen LogP contribution is 2.16. The van der Waals surface area contributed by atoms with Crippen LogP contribution < -0.4 is 4.74 Å². The van der Waals surface area contributed by atoms with E-state index in [4.69, 9.17) is 14.2 Å². The maximum atomic E-state index is 10.5. The lowest BCUT2D eigenvalue weighted by atomic mass is 10.0. The van der Waals surface area contributed by atoms with Gasteiger partial charge in [-0.25, -0.2) is 0 Å². The third kappa shape index (κ3) is 8.53. The van der Waals surface area contributed by atoms with Crippen LogP contribution in [0.4, 0.5) is 0 Å². The summed E-state index contributed by atoms with van der Waals surface area (Å²) in [5, 5.41) is 0. The van der Waals surface area contributed by atoms with Crippen molar-refractivity contribution < 1.29 is 19.0 Å². The Kier molecular flexibility index (Phi) is 10.00. The molecule has 0 fully saturated rings. The Morgan fingerprint density at radius 3 is 2.61 bits per heavy atom. The van der Waals surface area contributed by atoms with Gasteiger partial charge in [-0.1, -0.05) is 25.1 Å². The van der Waals surface area contributed by atoms with Crippen molar-refractivity contribution in [2.45, 2.75) is 38.9 Å². The van der Waals surface area contributed by atoms with Crippen LogP contribution in [0, 0.1) is 5.92 Å². The van der Waals surface area contributed by atoms with Crippen molar-refractivity contribution in [3.63, 3.8) is 0 Å². The Labute approximate surface area is 139 Å². The number of aldehydes is 1. The SMILES string of the molecule is C=CCO[C@@H](CCC=O)C[C@@H](C)COCc1ccc(OC)cc1. The molecule has 0 N–H and O–H groups in total. The minimum atomic E-state index is 0.0813. The molecule has 0 saturated heterocycles. The van der Waals surface area contributed by atoms with Gasteiger partial charge in [0.05, 0.1) is 26.4 Å². The molecule has 0 amide bonds. The lowest BCUT2D eigenvalue weighted by molar-refractivity contribution is -0.108. The highest BCUT2D eigenvalue weighted by molar-refractivity contribution is 5.49. The number of benzene rings is 1. The maximum absolute atomic E-state index is 10.5. The van der Waals surface area contributed by atoms with E-state index in [1.54, 1.807) is 13.2 Å². The Hall–Kier alpha value is -1.65. The second-order valence-electron chi connectivity index (χ2n) is 5.69. The van der Waals surface area contributed by atoms with Gasteiger partial charge in [0, 0.05) is 13.0 Å². The molecule has 0 spiro atoms. The fourth-order valence-electron chi connectivity index (χ4n) is 2.34. The van der Waals surface area contributed by atoms with E-state index in [0.29, 0.717) is 32.2 Å². The summed E-state index contributed by atoms with van der Waals surface area (Å²) in [6.07, 6.45) is 4.91. The molecule has 0 aliphatic carbocycles. The van der Waals surface area contributed by atoms with Crippen LogP contribution in [0.15, 0.2) is 36.9 Å². The molecule has 0 aliphatic rings. The molecule has 0 radical (unpaired) electrons. The van der Waals surface area contributed by atoms with Gasteiger partial charge in [-0.3, -0.25) is 0 Å². The molecule has 2 atom stereocenters. The third-order valence-corrected chi connectivity index (χ3v) is 3.55. The van der Waals surface area contributed by atoms with E-state index < -0.39 is 0 Å². The number of carbonyl (C=O) groups is 1. The van der Waals surface area contributed by atoms with E-state index in [0.717, 1.165) is 30.4 Å². The summed E-state index contributed by atoms with van der Waals surface area (Å²) >= 11 is 0. The van der Waals surface area contributed by atoms with Crippen molar-refractivity contribution in [2.24, 2.45) is 5.92 Å². The van der Waals surface area contributed by atoms with E-state index in [-0.39, 0.29) is 6.10 Å². The van der Waals surface area contributed by atoms with E-state index in [1.165, 1.54) is 0 Å². The van der Waals surface area contributed by atoms with Crippen LogP contribution in [0.5, 0.6) is 5.75 Å². The molecule has 4 heteroatoms. The zero-order valence-electron chi connectivity index (χ0n) is 14.2. The van der Waals surface area contributed by atoms with Crippen LogP contribution in [0.2, 0.25) is 0 Å². The van der Waals surface area contributed by atoms with Gasteiger partial charge in [0.15, 0.2) is 0 Å². The molecule has 4 nitrogen and oxygen atoms in total. The molecule has 1 aromatic carbocycles. The zero-order chi connectivity index (χ0) is 16.9. The van der Waals surface area contributed by atoms with Crippen LogP contribution in [0.25, 0.3) is 0 Å². The molecule has 0 unspecified atom stereocenters. The van der Waals surface area contributed by atoms with Crippen molar-refractivity contribution in [3.05, 3.63) is 42.5 Å². The molecule has 0 aromatic heterocycles. The maximum Gasteiger partial charge on any atom is 0.120 e. The van der Waals surface area contributed by atoms with Gasteiger partial charge in [-0.2, -0.15) is 0 Å². The van der Waals surface area contributed by atoms with Gasteiger partial charge in [0.25, 0.3) is 0 Å². The van der Waals surface area contributed by atoms with Crippen molar-refractivity contribution >= 4 is 6.29 Å². The van der Waals surface area contributed by atoms with Crippen molar-refractivity contribution in [1.29, 1.82) is 0 Å². The van der Waals surface area contributed by atoms with Crippen LogP contribution in [0.1, 0.15) is 31.7 Å². The summed E-state index contributed by atoms with van der Waals surface area (Å²) < 4.78 is 16.6. The molecule has 23 heavy (non-hydrogen) atoms. The van der Waals surface area contributed by atoms with E-state index in [9.17, 15) is 4.79 Å². The average molecular weight is 320 g/mol. The van der Waals surface area contributed by atoms with Crippen LogP contribution in [-0.4, -0.2) is 32.7 Å². The molecular weight excluding hydrogens is 292 g/mol. The quantitative estimate of drug-likeness (QED) is 0.410. The molecular formula is C19H28O4. The van der Waals surface area contributed by atoms with Gasteiger partial charge in [-0.15, -0.1) is 6.58 Å². The number of ether oxygens (including phenoxy) is 3. The number of rotatable bonds is 13. The first kappa shape index (κ1) is 19.4. The standard InChI is InChI=1S/C19H28O4/c1-4-12-23-19(6-5-11-20)13-16(2)14-22-15-17-7-9-18(21-3)10-8-17/h4,7-11,16,19H,1,5-6,12-15H2,2-3H3/t16-,19+/m1/s1. The predicted octanol–water partition coefficient (Wildman–Crippen LogP) is 3.79. The Bertz CT molecular complexity index is 429. The van der Waals surface area contributed by atoms with Gasteiger partial charge in [0.2, 0.25) is 0 Å².